The molecule has 1 atom stereocenters. The van der Waals surface area contributed by atoms with Gasteiger partial charge in [-0.2, -0.15) is 5.10 Å². The highest BCUT2D eigenvalue weighted by Gasteiger charge is 2.29. The number of nitrogens with one attached hydrogen (secondary N) is 1. The number of benzene rings is 2. The van der Waals surface area contributed by atoms with Gasteiger partial charge < -0.3 is 15.0 Å². The Kier molecular flexibility index (Phi) is 5.00. The van der Waals surface area contributed by atoms with Gasteiger partial charge >= 0.3 is 0 Å². The molecule has 0 amide bonds. The minimum atomic E-state index is -0.380. The number of nitrogens with two attached hydrogens (primary N) is 1. The van der Waals surface area contributed by atoms with Crippen molar-refractivity contribution in [2.45, 2.75) is 13.0 Å². The number of ketones is 1. The normalized spacial score (nSPS) is 15.6. The maximum Gasteiger partial charge on any atom is 0.171 e. The number of aromatic nitrogens is 3. The molecule has 0 spiro atoms. The van der Waals surface area contributed by atoms with Crippen molar-refractivity contribution in [3.05, 3.63) is 70.9 Å². The predicted molar refractivity (Wildman–Crippen MR) is 117 cm³/mol. The summed E-state index contributed by atoms with van der Waals surface area (Å²) in [4.78, 5) is 13.4. The Bertz CT molecular complexity index is 1300. The van der Waals surface area contributed by atoms with Crippen molar-refractivity contribution in [3.8, 4) is 16.9 Å². The van der Waals surface area contributed by atoms with Crippen LogP contribution in [0.3, 0.4) is 0 Å². The first kappa shape index (κ1) is 19.8. The molecule has 2 aromatic carbocycles. The molecule has 0 saturated carbocycles. The van der Waals surface area contributed by atoms with Crippen molar-refractivity contribution >= 4 is 28.3 Å². The van der Waals surface area contributed by atoms with E-state index in [1.807, 2.05) is 29.0 Å². The molecule has 2 aromatic heterocycles. The number of fused-ring (bicyclic) bond motifs is 2. The fraction of sp³-hybridized carbons (Fsp3) is 0.217. The third-order valence-electron chi connectivity index (χ3n) is 5.72. The van der Waals surface area contributed by atoms with Gasteiger partial charge in [-0.1, -0.05) is 23.7 Å². The summed E-state index contributed by atoms with van der Waals surface area (Å²) in [5.74, 6) is -0.0999. The summed E-state index contributed by atoms with van der Waals surface area (Å²) < 4.78 is 21.4. The number of nitrogens with zero attached hydrogens (tertiary/aromatic N) is 2. The molecule has 1 aliphatic heterocycles. The lowest BCUT2D eigenvalue weighted by Gasteiger charge is -2.24. The number of rotatable bonds is 5. The van der Waals surface area contributed by atoms with Gasteiger partial charge in [0.15, 0.2) is 10.9 Å². The van der Waals surface area contributed by atoms with Crippen LogP contribution in [-0.4, -0.2) is 33.7 Å². The van der Waals surface area contributed by atoms with E-state index in [2.05, 4.69) is 10.2 Å². The number of aromatic amines is 1. The van der Waals surface area contributed by atoms with Crippen LogP contribution >= 0.6 is 11.6 Å². The molecule has 5 rings (SSSR count). The number of Topliss-reactive ketones (excluding diaryl/α,β-unsaturated/α-hetero) is 1. The number of halogens is 2. The Morgan fingerprint density at radius 1 is 1.32 bits per heavy atom. The van der Waals surface area contributed by atoms with E-state index >= 15 is 0 Å². The molecule has 6 nitrogen and oxygen atoms in total. The van der Waals surface area contributed by atoms with E-state index in [-0.39, 0.29) is 24.1 Å². The van der Waals surface area contributed by atoms with E-state index in [0.717, 1.165) is 22.0 Å². The third kappa shape index (κ3) is 3.49. The predicted octanol–water partition coefficient (Wildman–Crippen LogP) is 4.22. The second-order valence-corrected chi connectivity index (χ2v) is 8.03. The molecular formula is C23H20ClFN4O2. The van der Waals surface area contributed by atoms with E-state index in [1.54, 1.807) is 12.3 Å². The number of ether oxygens (including phenoxy) is 1. The summed E-state index contributed by atoms with van der Waals surface area (Å²) in [5.41, 5.74) is 9.71. The lowest BCUT2D eigenvalue weighted by Crippen LogP contribution is -2.28. The highest BCUT2D eigenvalue weighted by molar-refractivity contribution is 6.32. The summed E-state index contributed by atoms with van der Waals surface area (Å²) in [6.45, 7) is 1.28. The highest BCUT2D eigenvalue weighted by Crippen LogP contribution is 2.34. The first-order valence-electron chi connectivity index (χ1n) is 10.0. The Morgan fingerprint density at radius 2 is 2.19 bits per heavy atom. The average Bonchev–Trinajstić information content (AvgIpc) is 3.36. The number of H-pyrrole nitrogens is 1. The molecule has 0 aliphatic carbocycles. The molecule has 0 saturated heterocycles. The largest absolute Gasteiger partial charge is 0.493 e. The van der Waals surface area contributed by atoms with Crippen LogP contribution in [0.15, 0.2) is 48.8 Å². The van der Waals surface area contributed by atoms with Crippen molar-refractivity contribution in [2.24, 2.45) is 11.7 Å². The fourth-order valence-electron chi connectivity index (χ4n) is 4.21. The van der Waals surface area contributed by atoms with Crippen LogP contribution in [0.5, 0.6) is 5.75 Å². The van der Waals surface area contributed by atoms with E-state index in [4.69, 9.17) is 22.1 Å². The van der Waals surface area contributed by atoms with Gasteiger partial charge in [0.25, 0.3) is 0 Å². The lowest BCUT2D eigenvalue weighted by molar-refractivity contribution is 0.0856. The molecule has 3 N–H and O–H groups in total. The number of carbonyl (C=O) groups excluding carboxylic acids is 1. The molecule has 1 aliphatic rings. The standard InChI is InChI=1S/C23H20ClFN4O2/c24-23-18(10-27-28-23)13-1-3-17-19(11-29(6-5-26)20(17)9-13)22(30)15-7-14-8-16(25)2-4-21(14)31-12-15/h1-4,8-11,15H,5-7,12,26H2,(H,27,28). The molecular weight excluding hydrogens is 419 g/mol. The maximum absolute atomic E-state index is 13.7. The molecule has 0 radical (unpaired) electrons. The molecule has 4 aromatic rings. The van der Waals surface area contributed by atoms with E-state index in [0.29, 0.717) is 41.5 Å². The summed E-state index contributed by atoms with van der Waals surface area (Å²) >= 11 is 6.17. The van der Waals surface area contributed by atoms with Gasteiger partial charge in [-0.05, 0) is 41.8 Å². The van der Waals surface area contributed by atoms with Crippen LogP contribution in [0, 0.1) is 11.7 Å². The smallest absolute Gasteiger partial charge is 0.171 e. The van der Waals surface area contributed by atoms with E-state index in [1.165, 1.54) is 12.1 Å². The lowest BCUT2D eigenvalue weighted by atomic mass is 9.89. The second-order valence-electron chi connectivity index (χ2n) is 7.67. The maximum atomic E-state index is 13.7. The van der Waals surface area contributed by atoms with Crippen LogP contribution in [0.1, 0.15) is 15.9 Å². The third-order valence-corrected chi connectivity index (χ3v) is 6.01. The van der Waals surface area contributed by atoms with Gasteiger partial charge in [-0.3, -0.25) is 9.89 Å². The topological polar surface area (TPSA) is 85.9 Å². The SMILES string of the molecule is NCCn1cc(C(=O)C2COc3ccc(F)cc3C2)c2ccc(-c3c[nH]nc3Cl)cc21. The molecule has 0 bridgehead atoms. The van der Waals surface area contributed by atoms with Gasteiger partial charge in [-0.25, -0.2) is 4.39 Å². The monoisotopic (exact) mass is 438 g/mol. The van der Waals surface area contributed by atoms with Crippen molar-refractivity contribution < 1.29 is 13.9 Å². The van der Waals surface area contributed by atoms with Crippen molar-refractivity contribution in [2.75, 3.05) is 13.2 Å². The molecule has 0 fully saturated rings. The molecule has 31 heavy (non-hydrogen) atoms. The van der Waals surface area contributed by atoms with E-state index < -0.39 is 0 Å². The van der Waals surface area contributed by atoms with Gasteiger partial charge in [0.2, 0.25) is 0 Å². The minimum absolute atomic E-state index is 0.0234. The van der Waals surface area contributed by atoms with Crippen LogP contribution in [0.4, 0.5) is 4.39 Å². The molecule has 8 heteroatoms. The van der Waals surface area contributed by atoms with Crippen LogP contribution in [0.2, 0.25) is 5.15 Å². The zero-order chi connectivity index (χ0) is 21.5. The number of hydrogen-bond acceptors (Lipinski definition) is 4. The van der Waals surface area contributed by atoms with Gasteiger partial charge in [0, 0.05) is 47.5 Å². The molecule has 1 unspecified atom stereocenters. The van der Waals surface area contributed by atoms with Crippen molar-refractivity contribution in [3.63, 3.8) is 0 Å². The first-order valence-corrected chi connectivity index (χ1v) is 10.4. The first-order chi connectivity index (χ1) is 15.0. The van der Waals surface area contributed by atoms with Gasteiger partial charge in [0.1, 0.15) is 11.6 Å². The molecule has 158 valence electrons. The average molecular weight is 439 g/mol. The van der Waals surface area contributed by atoms with Crippen LogP contribution < -0.4 is 10.5 Å². The number of hydrogen-bond donors (Lipinski definition) is 2. The Labute approximate surface area is 182 Å². The Hall–Kier alpha value is -3.16. The van der Waals surface area contributed by atoms with Crippen LogP contribution in [0.25, 0.3) is 22.0 Å². The fourth-order valence-corrected chi connectivity index (χ4v) is 4.42. The second kappa shape index (κ2) is 7.83. The number of carbonyl (C=O) groups is 1. The summed E-state index contributed by atoms with van der Waals surface area (Å²) in [7, 11) is 0. The summed E-state index contributed by atoms with van der Waals surface area (Å²) in [6.07, 6.45) is 4.03. The quantitative estimate of drug-likeness (QED) is 0.457. The van der Waals surface area contributed by atoms with Crippen molar-refractivity contribution in [1.82, 2.24) is 14.8 Å². The van der Waals surface area contributed by atoms with E-state index in [9.17, 15) is 9.18 Å². The summed E-state index contributed by atoms with van der Waals surface area (Å²) in [5, 5.41) is 7.96. The Balaban J connectivity index is 1.53. The van der Waals surface area contributed by atoms with Crippen molar-refractivity contribution in [1.29, 1.82) is 0 Å². The minimum Gasteiger partial charge on any atom is -0.493 e. The van der Waals surface area contributed by atoms with Gasteiger partial charge in [-0.15, -0.1) is 0 Å². The Morgan fingerprint density at radius 3 is 2.97 bits per heavy atom. The van der Waals surface area contributed by atoms with Crippen LogP contribution in [-0.2, 0) is 13.0 Å². The highest BCUT2D eigenvalue weighted by atomic mass is 35.5. The summed E-state index contributed by atoms with van der Waals surface area (Å²) in [6, 6.07) is 10.2. The van der Waals surface area contributed by atoms with Gasteiger partial charge in [0.05, 0.1) is 12.5 Å². The molecule has 3 heterocycles. The zero-order valence-corrected chi connectivity index (χ0v) is 17.3. The zero-order valence-electron chi connectivity index (χ0n) is 16.6.